The summed E-state index contributed by atoms with van der Waals surface area (Å²) in [7, 11) is 3.79. The Morgan fingerprint density at radius 2 is 2.10 bits per heavy atom. The van der Waals surface area contributed by atoms with E-state index < -0.39 is 0 Å². The van der Waals surface area contributed by atoms with E-state index in [-0.39, 0.29) is 5.78 Å². The summed E-state index contributed by atoms with van der Waals surface area (Å²) in [6, 6.07) is 5.99. The minimum atomic E-state index is -0.112. The Kier molecular flexibility index (Phi) is 4.52. The fraction of sp³-hybridized carbons (Fsp3) is 0.312. The van der Waals surface area contributed by atoms with Crippen molar-refractivity contribution in [1.29, 1.82) is 0 Å². The zero-order valence-corrected chi connectivity index (χ0v) is 12.8. The van der Waals surface area contributed by atoms with Gasteiger partial charge in [0, 0.05) is 32.5 Å². The Labute approximate surface area is 124 Å². The van der Waals surface area contributed by atoms with E-state index in [0.29, 0.717) is 11.7 Å². The molecule has 0 spiro atoms. The van der Waals surface area contributed by atoms with Gasteiger partial charge in [0.2, 0.25) is 5.78 Å². The molecular formula is C16H20N4O. The average Bonchev–Trinajstić information content (AvgIpc) is 2.91. The Hall–Kier alpha value is -2.43. The monoisotopic (exact) mass is 284 g/mol. The van der Waals surface area contributed by atoms with Crippen molar-refractivity contribution in [2.75, 3.05) is 11.9 Å². The molecule has 2 aromatic rings. The number of pyridine rings is 1. The molecule has 0 N–H and O–H groups in total. The number of hydrogen-bond acceptors (Lipinski definition) is 4. The van der Waals surface area contributed by atoms with Crippen LogP contribution >= 0.6 is 0 Å². The third-order valence-corrected chi connectivity index (χ3v) is 3.30. The lowest BCUT2D eigenvalue weighted by molar-refractivity contribution is 0.104. The van der Waals surface area contributed by atoms with E-state index in [1.807, 2.05) is 19.2 Å². The largest absolute Gasteiger partial charge is 0.357 e. The number of carbonyl (C=O) groups is 1. The molecule has 0 bridgehead atoms. The van der Waals surface area contributed by atoms with E-state index in [0.717, 1.165) is 11.4 Å². The topological polar surface area (TPSA) is 51.0 Å². The van der Waals surface area contributed by atoms with E-state index in [1.165, 1.54) is 6.08 Å². The van der Waals surface area contributed by atoms with Crippen LogP contribution in [-0.2, 0) is 7.05 Å². The van der Waals surface area contributed by atoms with Gasteiger partial charge < -0.3 is 4.90 Å². The third kappa shape index (κ3) is 3.78. The highest BCUT2D eigenvalue weighted by molar-refractivity contribution is 6.05. The molecule has 0 aliphatic carbocycles. The highest BCUT2D eigenvalue weighted by Gasteiger charge is 2.06. The highest BCUT2D eigenvalue weighted by Crippen LogP contribution is 2.13. The third-order valence-electron chi connectivity index (χ3n) is 3.30. The molecule has 0 saturated carbocycles. The maximum absolute atomic E-state index is 11.9. The van der Waals surface area contributed by atoms with Gasteiger partial charge in [-0.1, -0.05) is 0 Å². The smallest absolute Gasteiger partial charge is 0.206 e. The Balaban J connectivity index is 2.06. The molecule has 110 valence electrons. The minimum absolute atomic E-state index is 0.112. The fourth-order valence-corrected chi connectivity index (χ4v) is 1.77. The number of hydrogen-bond donors (Lipinski definition) is 0. The van der Waals surface area contributed by atoms with Crippen molar-refractivity contribution < 1.29 is 4.79 Å². The summed E-state index contributed by atoms with van der Waals surface area (Å²) >= 11 is 0. The van der Waals surface area contributed by atoms with E-state index in [1.54, 1.807) is 36.3 Å². The summed E-state index contributed by atoms with van der Waals surface area (Å²) in [6.45, 7) is 4.22. The van der Waals surface area contributed by atoms with Gasteiger partial charge in [-0.05, 0) is 49.8 Å². The molecule has 0 atom stereocenters. The van der Waals surface area contributed by atoms with Crippen LogP contribution in [0.1, 0.15) is 29.9 Å². The van der Waals surface area contributed by atoms with E-state index in [4.69, 9.17) is 0 Å². The number of aryl methyl sites for hydroxylation is 1. The van der Waals surface area contributed by atoms with Crippen LogP contribution in [0, 0.1) is 0 Å². The van der Waals surface area contributed by atoms with Crippen molar-refractivity contribution in [3.8, 4) is 0 Å². The maximum Gasteiger partial charge on any atom is 0.206 e. The average molecular weight is 284 g/mol. The summed E-state index contributed by atoms with van der Waals surface area (Å²) in [5, 5.41) is 4.07. The second-order valence-electron chi connectivity index (χ2n) is 5.23. The molecule has 2 rings (SSSR count). The lowest BCUT2D eigenvalue weighted by Crippen LogP contribution is -2.26. The quantitative estimate of drug-likeness (QED) is 0.625. The van der Waals surface area contributed by atoms with E-state index in [2.05, 4.69) is 28.8 Å². The van der Waals surface area contributed by atoms with E-state index >= 15 is 0 Å². The zero-order valence-electron chi connectivity index (χ0n) is 12.8. The molecule has 0 aliphatic heterocycles. The Morgan fingerprint density at radius 3 is 2.62 bits per heavy atom. The van der Waals surface area contributed by atoms with Crippen molar-refractivity contribution in [2.24, 2.45) is 7.05 Å². The lowest BCUT2D eigenvalue weighted by atomic mass is 10.2. The highest BCUT2D eigenvalue weighted by atomic mass is 16.1. The standard InChI is InChI=1S/C16H20N4O/c1-12(2)20(4)16-8-6-13(11-17-16)5-7-15(21)14-9-10-19(3)18-14/h5-12H,1-4H3/b7-5+. The second kappa shape index (κ2) is 6.35. The summed E-state index contributed by atoms with van der Waals surface area (Å²) in [4.78, 5) is 18.4. The molecule has 2 aromatic heterocycles. The van der Waals surface area contributed by atoms with Gasteiger partial charge in [-0.3, -0.25) is 9.48 Å². The predicted molar refractivity (Wildman–Crippen MR) is 84.3 cm³/mol. The molecule has 5 heteroatoms. The van der Waals surface area contributed by atoms with Gasteiger partial charge in [0.05, 0.1) is 0 Å². The van der Waals surface area contributed by atoms with Crippen molar-refractivity contribution in [3.63, 3.8) is 0 Å². The van der Waals surface area contributed by atoms with Crippen molar-refractivity contribution in [3.05, 3.63) is 47.9 Å². The van der Waals surface area contributed by atoms with Gasteiger partial charge in [0.1, 0.15) is 11.5 Å². The first-order valence-corrected chi connectivity index (χ1v) is 6.88. The Bertz CT molecular complexity index is 641. The number of ketones is 1. The van der Waals surface area contributed by atoms with E-state index in [9.17, 15) is 4.79 Å². The number of anilines is 1. The first-order chi connectivity index (χ1) is 9.97. The molecular weight excluding hydrogens is 264 g/mol. The zero-order chi connectivity index (χ0) is 15.4. The van der Waals surface area contributed by atoms with Crippen LogP contribution in [0.3, 0.4) is 0 Å². The summed E-state index contributed by atoms with van der Waals surface area (Å²) in [6.07, 6.45) is 6.78. The fourth-order valence-electron chi connectivity index (χ4n) is 1.77. The number of aromatic nitrogens is 3. The molecule has 0 saturated heterocycles. The maximum atomic E-state index is 11.9. The van der Waals surface area contributed by atoms with Crippen molar-refractivity contribution in [1.82, 2.24) is 14.8 Å². The van der Waals surface area contributed by atoms with Crippen LogP contribution < -0.4 is 4.90 Å². The van der Waals surface area contributed by atoms with Gasteiger partial charge in [-0.25, -0.2) is 4.98 Å². The van der Waals surface area contributed by atoms with Gasteiger partial charge in [0.25, 0.3) is 0 Å². The Morgan fingerprint density at radius 1 is 1.33 bits per heavy atom. The first-order valence-electron chi connectivity index (χ1n) is 6.88. The molecule has 21 heavy (non-hydrogen) atoms. The summed E-state index contributed by atoms with van der Waals surface area (Å²) < 4.78 is 1.61. The van der Waals surface area contributed by atoms with Crippen molar-refractivity contribution in [2.45, 2.75) is 19.9 Å². The molecule has 0 aliphatic rings. The molecule has 0 radical (unpaired) electrons. The van der Waals surface area contributed by atoms with Crippen LogP contribution in [0.25, 0.3) is 6.08 Å². The number of nitrogens with zero attached hydrogens (tertiary/aromatic N) is 4. The molecule has 5 nitrogen and oxygen atoms in total. The van der Waals surface area contributed by atoms with Gasteiger partial charge in [0.15, 0.2) is 0 Å². The normalized spacial score (nSPS) is 11.3. The number of rotatable bonds is 5. The molecule has 2 heterocycles. The number of allylic oxidation sites excluding steroid dienone is 1. The minimum Gasteiger partial charge on any atom is -0.357 e. The molecule has 0 unspecified atom stereocenters. The molecule has 0 amide bonds. The van der Waals surface area contributed by atoms with Crippen LogP contribution in [0.15, 0.2) is 36.7 Å². The number of carbonyl (C=O) groups excluding carboxylic acids is 1. The van der Waals surface area contributed by atoms with Crippen LogP contribution in [0.2, 0.25) is 0 Å². The second-order valence-corrected chi connectivity index (χ2v) is 5.23. The van der Waals surface area contributed by atoms with Crippen LogP contribution in [0.4, 0.5) is 5.82 Å². The van der Waals surface area contributed by atoms with Gasteiger partial charge in [-0.2, -0.15) is 5.10 Å². The SMILES string of the molecule is CC(C)N(C)c1ccc(/C=C/C(=O)c2ccn(C)n2)cn1. The molecule has 0 aromatic carbocycles. The van der Waals surface area contributed by atoms with Crippen LogP contribution in [-0.4, -0.2) is 33.6 Å². The van der Waals surface area contributed by atoms with Gasteiger partial charge >= 0.3 is 0 Å². The molecule has 0 fully saturated rings. The predicted octanol–water partition coefficient (Wildman–Crippen LogP) is 2.56. The summed E-state index contributed by atoms with van der Waals surface area (Å²) in [5.41, 5.74) is 1.33. The van der Waals surface area contributed by atoms with Crippen molar-refractivity contribution >= 4 is 17.7 Å². The summed E-state index contributed by atoms with van der Waals surface area (Å²) in [5.74, 6) is 0.803. The lowest BCUT2D eigenvalue weighted by Gasteiger charge is -2.22. The van der Waals surface area contributed by atoms with Crippen LogP contribution in [0.5, 0.6) is 0 Å². The first kappa shape index (κ1) is 15.0. The van der Waals surface area contributed by atoms with Gasteiger partial charge in [-0.15, -0.1) is 0 Å².